The summed E-state index contributed by atoms with van der Waals surface area (Å²) < 4.78 is 15.3. The fourth-order valence-corrected chi connectivity index (χ4v) is 3.71. The molecule has 0 unspecified atom stereocenters. The van der Waals surface area contributed by atoms with Gasteiger partial charge in [0.25, 0.3) is 5.56 Å². The molecule has 3 aromatic rings. The first kappa shape index (κ1) is 18.3. The Morgan fingerprint density at radius 2 is 1.89 bits per heavy atom. The lowest BCUT2D eigenvalue weighted by Crippen LogP contribution is -2.32. The van der Waals surface area contributed by atoms with E-state index >= 15 is 0 Å². The highest BCUT2D eigenvalue weighted by Crippen LogP contribution is 2.05. The molecule has 6 heteroatoms. The number of rotatable bonds is 3. The summed E-state index contributed by atoms with van der Waals surface area (Å²) in [5.41, 5.74) is 2.22. The van der Waals surface area contributed by atoms with Crippen molar-refractivity contribution >= 4 is 23.0 Å². The molecule has 2 aromatic carbocycles. The van der Waals surface area contributed by atoms with Crippen molar-refractivity contribution in [2.45, 2.75) is 13.5 Å². The minimum atomic E-state index is -0.369. The summed E-state index contributed by atoms with van der Waals surface area (Å²) in [6, 6.07) is 17.2. The van der Waals surface area contributed by atoms with Crippen LogP contribution in [0.1, 0.15) is 16.7 Å². The number of aryl methyl sites for hydroxylation is 1. The number of hydrogen-bond acceptors (Lipinski definition) is 4. The molecule has 0 spiro atoms. The largest absolute Gasteiger partial charge is 0.293 e. The first-order valence-electron chi connectivity index (χ1n) is 8.09. The van der Waals surface area contributed by atoms with Gasteiger partial charge >= 0.3 is 0 Å². The topological polar surface area (TPSA) is 69.6 Å². The fourth-order valence-electron chi connectivity index (χ4n) is 2.65. The lowest BCUT2D eigenvalue weighted by molar-refractivity contribution is 0.626. The monoisotopic (exact) mass is 375 g/mol. The number of halogens is 1. The Hall–Kier alpha value is -3.48. The molecule has 1 aromatic heterocycles. The van der Waals surface area contributed by atoms with Gasteiger partial charge in [-0.1, -0.05) is 42.0 Å². The third-order valence-corrected chi connectivity index (χ3v) is 5.07. The summed E-state index contributed by atoms with van der Waals surface area (Å²) in [7, 11) is 0. The van der Waals surface area contributed by atoms with E-state index in [1.54, 1.807) is 18.2 Å². The van der Waals surface area contributed by atoms with Gasteiger partial charge in [0.05, 0.1) is 11.1 Å². The molecule has 4 nitrogen and oxygen atoms in total. The highest BCUT2D eigenvalue weighted by atomic mass is 32.1. The standard InChI is InChI=1S/C21H14FN3OS/c1-14-3-2-4-16(9-14)10-19-20(26)25(21(27-19)17(11-23)12-24)13-15-5-7-18(22)8-6-15/h2-10H,13H2,1H3/b19-10-. The van der Waals surface area contributed by atoms with E-state index in [4.69, 9.17) is 0 Å². The Balaban J connectivity index is 2.23. The van der Waals surface area contributed by atoms with Crippen LogP contribution in [0, 0.1) is 35.4 Å². The zero-order valence-electron chi connectivity index (χ0n) is 14.4. The van der Waals surface area contributed by atoms with E-state index in [1.165, 1.54) is 16.7 Å². The minimum absolute atomic E-state index is 0.122. The number of nitriles is 2. The number of nitrogens with zero attached hydrogens (tertiary/aromatic N) is 3. The number of hydrogen-bond donors (Lipinski definition) is 0. The molecule has 0 radical (unpaired) electrons. The highest BCUT2D eigenvalue weighted by Gasteiger charge is 2.10. The van der Waals surface area contributed by atoms with Crippen molar-refractivity contribution in [3.63, 3.8) is 0 Å². The lowest BCUT2D eigenvalue weighted by Gasteiger charge is -2.02. The lowest BCUT2D eigenvalue weighted by atomic mass is 10.1. The van der Waals surface area contributed by atoms with Crippen molar-refractivity contribution in [2.75, 3.05) is 0 Å². The van der Waals surface area contributed by atoms with E-state index in [1.807, 2.05) is 43.3 Å². The van der Waals surface area contributed by atoms with E-state index in [0.29, 0.717) is 14.8 Å². The Morgan fingerprint density at radius 1 is 1.19 bits per heavy atom. The molecule has 0 bridgehead atoms. The first-order chi connectivity index (χ1) is 13.0. The summed E-state index contributed by atoms with van der Waals surface area (Å²) in [6.45, 7) is 2.11. The van der Waals surface area contributed by atoms with Crippen LogP contribution < -0.4 is 14.8 Å². The molecule has 3 rings (SSSR count). The van der Waals surface area contributed by atoms with Crippen LogP contribution in [-0.4, -0.2) is 4.57 Å². The van der Waals surface area contributed by atoms with Crippen LogP contribution in [0.25, 0.3) is 11.6 Å². The third kappa shape index (κ3) is 4.03. The molecule has 27 heavy (non-hydrogen) atoms. The Kier molecular flexibility index (Phi) is 5.30. The molecule has 0 fully saturated rings. The maximum atomic E-state index is 13.1. The summed E-state index contributed by atoms with van der Waals surface area (Å²) in [5, 5.41) is 18.5. The average Bonchev–Trinajstić information content (AvgIpc) is 2.94. The van der Waals surface area contributed by atoms with Crippen molar-refractivity contribution in [3.8, 4) is 12.1 Å². The zero-order chi connectivity index (χ0) is 19.4. The normalized spacial score (nSPS) is 11.0. The number of thiazole rings is 1. The van der Waals surface area contributed by atoms with Gasteiger partial charge in [0, 0.05) is 0 Å². The second-order valence-electron chi connectivity index (χ2n) is 5.95. The Bertz CT molecular complexity index is 1240. The fraction of sp³-hybridized carbons (Fsp3) is 0.0952. The highest BCUT2D eigenvalue weighted by molar-refractivity contribution is 7.07. The maximum absolute atomic E-state index is 13.1. The number of benzene rings is 2. The van der Waals surface area contributed by atoms with Crippen LogP contribution in [-0.2, 0) is 6.54 Å². The van der Waals surface area contributed by atoms with Crippen molar-refractivity contribution in [2.24, 2.45) is 0 Å². The first-order valence-corrected chi connectivity index (χ1v) is 8.90. The molecule has 0 atom stereocenters. The van der Waals surface area contributed by atoms with Gasteiger partial charge in [-0.05, 0) is 36.3 Å². The Labute approximate surface area is 159 Å². The Morgan fingerprint density at radius 3 is 2.52 bits per heavy atom. The zero-order valence-corrected chi connectivity index (χ0v) is 15.3. The van der Waals surface area contributed by atoms with Crippen molar-refractivity contribution in [1.29, 1.82) is 10.5 Å². The van der Waals surface area contributed by atoms with Gasteiger partial charge in [0.15, 0.2) is 5.57 Å². The second kappa shape index (κ2) is 7.82. The molecule has 0 aliphatic carbocycles. The SMILES string of the molecule is Cc1cccc(/C=c2\sc(=C(C#N)C#N)n(Cc3ccc(F)cc3)c2=O)c1. The van der Waals surface area contributed by atoms with Crippen LogP contribution in [0.2, 0.25) is 0 Å². The van der Waals surface area contributed by atoms with Gasteiger partial charge in [0.1, 0.15) is 22.6 Å². The molecular formula is C21H14FN3OS. The third-order valence-electron chi connectivity index (χ3n) is 3.94. The average molecular weight is 375 g/mol. The molecule has 1 heterocycles. The predicted molar refractivity (Wildman–Crippen MR) is 103 cm³/mol. The molecule has 0 amide bonds. The number of aromatic nitrogens is 1. The molecular weight excluding hydrogens is 361 g/mol. The second-order valence-corrected chi connectivity index (χ2v) is 6.98. The van der Waals surface area contributed by atoms with E-state index in [2.05, 4.69) is 0 Å². The van der Waals surface area contributed by atoms with Crippen molar-refractivity contribution in [1.82, 2.24) is 4.57 Å². The van der Waals surface area contributed by atoms with Gasteiger partial charge in [-0.3, -0.25) is 9.36 Å². The summed E-state index contributed by atoms with van der Waals surface area (Å²) in [5.74, 6) is -0.369. The van der Waals surface area contributed by atoms with Crippen molar-refractivity contribution < 1.29 is 4.39 Å². The van der Waals surface area contributed by atoms with Gasteiger partial charge in [-0.25, -0.2) is 4.39 Å². The minimum Gasteiger partial charge on any atom is -0.293 e. The summed E-state index contributed by atoms with van der Waals surface area (Å²) in [6.07, 6.45) is 1.75. The molecule has 132 valence electrons. The smallest absolute Gasteiger partial charge is 0.269 e. The maximum Gasteiger partial charge on any atom is 0.269 e. The predicted octanol–water partition coefficient (Wildman–Crippen LogP) is 2.43. The van der Waals surface area contributed by atoms with Crippen LogP contribution in [0.15, 0.2) is 53.3 Å². The van der Waals surface area contributed by atoms with Gasteiger partial charge in [-0.15, -0.1) is 11.3 Å². The summed E-state index contributed by atoms with van der Waals surface area (Å²) in [4.78, 5) is 12.9. The summed E-state index contributed by atoms with van der Waals surface area (Å²) >= 11 is 1.11. The molecule has 0 N–H and O–H groups in total. The van der Waals surface area contributed by atoms with Crippen LogP contribution in [0.3, 0.4) is 0 Å². The van der Waals surface area contributed by atoms with Crippen LogP contribution in [0.5, 0.6) is 0 Å². The van der Waals surface area contributed by atoms with Gasteiger partial charge in [-0.2, -0.15) is 10.5 Å². The molecule has 0 aliphatic heterocycles. The van der Waals surface area contributed by atoms with E-state index in [9.17, 15) is 19.7 Å². The molecule has 0 saturated heterocycles. The van der Waals surface area contributed by atoms with Gasteiger partial charge < -0.3 is 0 Å². The molecule has 0 aliphatic rings. The van der Waals surface area contributed by atoms with Crippen molar-refractivity contribution in [3.05, 3.63) is 90.6 Å². The molecule has 0 saturated carbocycles. The van der Waals surface area contributed by atoms with E-state index in [0.717, 1.165) is 22.5 Å². The van der Waals surface area contributed by atoms with Gasteiger partial charge in [0.2, 0.25) is 0 Å². The van der Waals surface area contributed by atoms with Crippen LogP contribution >= 0.6 is 11.3 Å². The quantitative estimate of drug-likeness (QED) is 0.706. The van der Waals surface area contributed by atoms with Crippen LogP contribution in [0.4, 0.5) is 4.39 Å². The van der Waals surface area contributed by atoms with E-state index < -0.39 is 0 Å². The van der Waals surface area contributed by atoms with E-state index in [-0.39, 0.29) is 23.5 Å².